The molecular weight excluding hydrogens is 330 g/mol. The first-order valence-corrected chi connectivity index (χ1v) is 9.62. The minimum Gasteiger partial charge on any atom is -0.497 e. The van der Waals surface area contributed by atoms with Gasteiger partial charge in [0.1, 0.15) is 5.75 Å². The lowest BCUT2D eigenvalue weighted by atomic mass is 9.99. The quantitative estimate of drug-likeness (QED) is 0.705. The van der Waals surface area contributed by atoms with Gasteiger partial charge in [0.05, 0.1) is 19.3 Å². The minimum atomic E-state index is 0.632. The summed E-state index contributed by atoms with van der Waals surface area (Å²) >= 11 is 1.63. The van der Waals surface area contributed by atoms with Crippen LogP contribution in [-0.4, -0.2) is 24.0 Å². The number of rotatable bonds is 5. The van der Waals surface area contributed by atoms with Gasteiger partial charge in [0.15, 0.2) is 0 Å². The molecular formula is C20H25N3OS. The van der Waals surface area contributed by atoms with Crippen molar-refractivity contribution in [2.45, 2.75) is 39.0 Å². The van der Waals surface area contributed by atoms with Crippen LogP contribution >= 0.6 is 11.3 Å². The second-order valence-corrected chi connectivity index (χ2v) is 7.28. The summed E-state index contributed by atoms with van der Waals surface area (Å²) in [5, 5.41) is 7.09. The van der Waals surface area contributed by atoms with Crippen molar-refractivity contribution in [3.63, 3.8) is 0 Å². The Bertz CT molecular complexity index is 819. The number of aromatic nitrogens is 1. The van der Waals surface area contributed by atoms with Crippen LogP contribution < -0.4 is 9.54 Å². The third-order valence-electron chi connectivity index (χ3n) is 4.23. The summed E-state index contributed by atoms with van der Waals surface area (Å²) in [5.41, 5.74) is 4.52. The zero-order chi connectivity index (χ0) is 17.6. The molecule has 1 saturated carbocycles. The lowest BCUT2D eigenvalue weighted by Gasteiger charge is -2.13. The Labute approximate surface area is 153 Å². The van der Waals surface area contributed by atoms with Crippen molar-refractivity contribution in [3.8, 4) is 17.0 Å². The van der Waals surface area contributed by atoms with Crippen LogP contribution in [0.3, 0.4) is 0 Å². The fourth-order valence-electron chi connectivity index (χ4n) is 2.87. The number of hydrogen-bond donors (Lipinski definition) is 0. The Kier molecular flexibility index (Phi) is 5.87. The predicted molar refractivity (Wildman–Crippen MR) is 105 cm³/mol. The number of methoxy groups -OCH3 is 1. The van der Waals surface area contributed by atoms with E-state index in [0.29, 0.717) is 6.54 Å². The zero-order valence-corrected chi connectivity index (χ0v) is 15.8. The van der Waals surface area contributed by atoms with Gasteiger partial charge in [-0.1, -0.05) is 18.6 Å². The largest absolute Gasteiger partial charge is 0.497 e. The van der Waals surface area contributed by atoms with Gasteiger partial charge in [-0.2, -0.15) is 5.10 Å². The van der Waals surface area contributed by atoms with Crippen LogP contribution in [0.2, 0.25) is 0 Å². The lowest BCUT2D eigenvalue weighted by molar-refractivity contribution is 0.415. The third kappa shape index (κ3) is 4.48. The SMILES string of the molecule is C=C(C)CN=c1scc(-c2ccc(OC)cc2)n1N=C1CCCCC1. The molecule has 1 aromatic heterocycles. The molecule has 25 heavy (non-hydrogen) atoms. The molecule has 1 aliphatic rings. The molecule has 1 fully saturated rings. The Morgan fingerprint density at radius 1 is 1.20 bits per heavy atom. The van der Waals surface area contributed by atoms with Crippen molar-refractivity contribution < 1.29 is 4.74 Å². The molecule has 4 nitrogen and oxygen atoms in total. The number of benzene rings is 1. The number of hydrogen-bond acceptors (Lipinski definition) is 4. The van der Waals surface area contributed by atoms with E-state index in [1.165, 1.54) is 25.0 Å². The summed E-state index contributed by atoms with van der Waals surface area (Å²) in [6.07, 6.45) is 5.96. The van der Waals surface area contributed by atoms with Gasteiger partial charge >= 0.3 is 0 Å². The van der Waals surface area contributed by atoms with Gasteiger partial charge in [-0.25, -0.2) is 4.68 Å². The van der Waals surface area contributed by atoms with E-state index < -0.39 is 0 Å². The first-order chi connectivity index (χ1) is 12.2. The summed E-state index contributed by atoms with van der Waals surface area (Å²) < 4.78 is 7.28. The average molecular weight is 356 g/mol. The highest BCUT2D eigenvalue weighted by Gasteiger charge is 2.11. The van der Waals surface area contributed by atoms with Gasteiger partial charge < -0.3 is 4.74 Å². The minimum absolute atomic E-state index is 0.632. The highest BCUT2D eigenvalue weighted by Crippen LogP contribution is 2.24. The second kappa shape index (κ2) is 8.30. The summed E-state index contributed by atoms with van der Waals surface area (Å²) in [6.45, 7) is 6.58. The van der Waals surface area contributed by atoms with Gasteiger partial charge in [0.25, 0.3) is 0 Å². The molecule has 132 valence electrons. The monoisotopic (exact) mass is 355 g/mol. The smallest absolute Gasteiger partial charge is 0.206 e. The highest BCUT2D eigenvalue weighted by molar-refractivity contribution is 7.07. The molecule has 0 unspecified atom stereocenters. The van der Waals surface area contributed by atoms with Crippen molar-refractivity contribution in [2.24, 2.45) is 10.1 Å². The van der Waals surface area contributed by atoms with E-state index in [0.717, 1.165) is 40.2 Å². The topological polar surface area (TPSA) is 38.9 Å². The van der Waals surface area contributed by atoms with Crippen LogP contribution in [0.5, 0.6) is 5.75 Å². The van der Waals surface area contributed by atoms with Crippen molar-refractivity contribution in [1.29, 1.82) is 0 Å². The Morgan fingerprint density at radius 3 is 2.56 bits per heavy atom. The van der Waals surface area contributed by atoms with Crippen molar-refractivity contribution in [3.05, 3.63) is 46.6 Å². The first kappa shape index (κ1) is 17.7. The molecule has 1 heterocycles. The maximum atomic E-state index is 5.27. The van der Waals surface area contributed by atoms with E-state index in [4.69, 9.17) is 14.8 Å². The Morgan fingerprint density at radius 2 is 1.92 bits per heavy atom. The fourth-order valence-corrected chi connectivity index (χ4v) is 3.70. The van der Waals surface area contributed by atoms with E-state index in [9.17, 15) is 0 Å². The molecule has 5 heteroatoms. The van der Waals surface area contributed by atoms with Gasteiger partial charge in [-0.3, -0.25) is 4.99 Å². The van der Waals surface area contributed by atoms with E-state index in [-0.39, 0.29) is 0 Å². The zero-order valence-electron chi connectivity index (χ0n) is 15.0. The van der Waals surface area contributed by atoms with E-state index in [1.54, 1.807) is 18.4 Å². The maximum Gasteiger partial charge on any atom is 0.206 e. The Hall–Kier alpha value is -2.14. The number of ether oxygens (including phenoxy) is 1. The van der Waals surface area contributed by atoms with Crippen LogP contribution in [-0.2, 0) is 0 Å². The van der Waals surface area contributed by atoms with Gasteiger partial charge in [0.2, 0.25) is 4.80 Å². The average Bonchev–Trinajstić information content (AvgIpc) is 3.03. The molecule has 0 amide bonds. The van der Waals surface area contributed by atoms with Gasteiger partial charge in [-0.05, 0) is 56.9 Å². The lowest BCUT2D eigenvalue weighted by Crippen LogP contribution is -2.16. The van der Waals surface area contributed by atoms with Crippen molar-refractivity contribution >= 4 is 17.0 Å². The van der Waals surface area contributed by atoms with E-state index in [2.05, 4.69) is 24.1 Å². The summed E-state index contributed by atoms with van der Waals surface area (Å²) in [7, 11) is 1.68. The Balaban J connectivity index is 2.04. The summed E-state index contributed by atoms with van der Waals surface area (Å²) in [6, 6.07) is 8.10. The van der Waals surface area contributed by atoms with Gasteiger partial charge in [-0.15, -0.1) is 11.3 Å². The van der Waals surface area contributed by atoms with Crippen LogP contribution in [0, 0.1) is 0 Å². The molecule has 1 aliphatic carbocycles. The molecule has 0 bridgehead atoms. The van der Waals surface area contributed by atoms with Crippen LogP contribution in [0.4, 0.5) is 0 Å². The molecule has 0 saturated heterocycles. The van der Waals surface area contributed by atoms with E-state index in [1.807, 2.05) is 23.7 Å². The highest BCUT2D eigenvalue weighted by atomic mass is 32.1. The molecule has 0 radical (unpaired) electrons. The van der Waals surface area contributed by atoms with E-state index >= 15 is 0 Å². The number of thiazole rings is 1. The third-order valence-corrected chi connectivity index (χ3v) is 5.08. The molecule has 0 N–H and O–H groups in total. The maximum absolute atomic E-state index is 5.27. The second-order valence-electron chi connectivity index (χ2n) is 6.44. The molecule has 3 rings (SSSR count). The predicted octanol–water partition coefficient (Wildman–Crippen LogP) is 4.87. The molecule has 0 spiro atoms. The normalized spacial score (nSPS) is 15.3. The number of nitrogens with zero attached hydrogens (tertiary/aromatic N) is 3. The molecule has 0 atom stereocenters. The molecule has 0 aliphatic heterocycles. The molecule has 1 aromatic carbocycles. The summed E-state index contributed by atoms with van der Waals surface area (Å²) in [4.78, 5) is 5.62. The summed E-state index contributed by atoms with van der Waals surface area (Å²) in [5.74, 6) is 0.858. The fraction of sp³-hybridized carbons (Fsp3) is 0.400. The van der Waals surface area contributed by atoms with Crippen molar-refractivity contribution in [1.82, 2.24) is 4.68 Å². The van der Waals surface area contributed by atoms with Gasteiger partial charge in [0, 0.05) is 16.7 Å². The van der Waals surface area contributed by atoms with Crippen LogP contribution in [0.25, 0.3) is 11.3 Å². The van der Waals surface area contributed by atoms with Crippen molar-refractivity contribution in [2.75, 3.05) is 13.7 Å². The van der Waals surface area contributed by atoms with Crippen LogP contribution in [0.1, 0.15) is 39.0 Å². The first-order valence-electron chi connectivity index (χ1n) is 8.74. The standard InChI is InChI=1S/C20H25N3OS/c1-15(2)13-21-20-23(22-17-7-5-4-6-8-17)19(14-25-20)16-9-11-18(24-3)12-10-16/h9-12,14H,1,4-8,13H2,2-3H3. The molecule has 2 aromatic rings. The van der Waals surface area contributed by atoms with Crippen LogP contribution in [0.15, 0.2) is 51.9 Å².